The van der Waals surface area contributed by atoms with Gasteiger partial charge in [-0.3, -0.25) is 9.80 Å². The molecular formula is C40H70N2S2. The van der Waals surface area contributed by atoms with Crippen LogP contribution < -0.4 is 0 Å². The summed E-state index contributed by atoms with van der Waals surface area (Å²) in [6.45, 7) is 30.7. The lowest BCUT2D eigenvalue weighted by Crippen LogP contribution is -2.82. The van der Waals surface area contributed by atoms with Gasteiger partial charge in [0.15, 0.2) is 0 Å². The molecule has 44 heavy (non-hydrogen) atoms. The molecule has 4 aliphatic carbocycles. The van der Waals surface area contributed by atoms with Crippen LogP contribution >= 0.6 is 23.5 Å². The van der Waals surface area contributed by atoms with Gasteiger partial charge in [-0.2, -0.15) is 23.5 Å². The summed E-state index contributed by atoms with van der Waals surface area (Å²) in [5.41, 5.74) is 1.69. The predicted octanol–water partition coefficient (Wildman–Crippen LogP) is 10.4. The van der Waals surface area contributed by atoms with Gasteiger partial charge in [-0.05, 0) is 110 Å². The Morgan fingerprint density at radius 2 is 0.682 bits per heavy atom. The smallest absolute Gasteiger partial charge is 0.0377 e. The van der Waals surface area contributed by atoms with Gasteiger partial charge in [0.25, 0.3) is 0 Å². The molecule has 7 aliphatic rings. The molecular weight excluding hydrogens is 573 g/mol. The lowest BCUT2D eigenvalue weighted by Gasteiger charge is -2.72. The number of rotatable bonds is 0. The Labute approximate surface area is 282 Å². The fraction of sp³-hybridized carbons (Fsp3) is 1.00. The molecule has 2 nitrogen and oxygen atoms in total. The van der Waals surface area contributed by atoms with Crippen molar-refractivity contribution in [3.8, 4) is 0 Å². The summed E-state index contributed by atoms with van der Waals surface area (Å²) >= 11 is 5.06. The van der Waals surface area contributed by atoms with Crippen molar-refractivity contribution in [2.24, 2.45) is 45.3 Å². The van der Waals surface area contributed by atoms with Crippen LogP contribution in [0.5, 0.6) is 0 Å². The third kappa shape index (κ3) is 5.62. The van der Waals surface area contributed by atoms with Crippen LogP contribution in [0.15, 0.2) is 0 Å². The first kappa shape index (κ1) is 33.1. The van der Waals surface area contributed by atoms with Gasteiger partial charge in [0.05, 0.1) is 0 Å². The predicted molar refractivity (Wildman–Crippen MR) is 195 cm³/mol. The Hall–Kier alpha value is 0.620. The Balaban J connectivity index is 1.31. The highest BCUT2D eigenvalue weighted by Gasteiger charge is 2.65. The van der Waals surface area contributed by atoms with E-state index in [1.807, 2.05) is 0 Å². The summed E-state index contributed by atoms with van der Waals surface area (Å²) in [6, 6.07) is 4.77. The second kappa shape index (κ2) is 11.1. The quantitative estimate of drug-likeness (QED) is 0.259. The Morgan fingerprint density at radius 1 is 0.364 bits per heavy atom. The average Bonchev–Trinajstić information content (AvgIpc) is 2.91. The maximum atomic E-state index is 3.38. The van der Waals surface area contributed by atoms with Gasteiger partial charge in [-0.15, -0.1) is 0 Å². The SMILES string of the molecule is CC(C)(C)C1CCC2C(C1)SC1CC(C(C)(C)C)CC3C1N2C1CC(C(C)(C)C)CC2SC4CC(C(C)(C)C)CCC4N3C21. The molecule has 0 aromatic carbocycles. The van der Waals surface area contributed by atoms with Crippen molar-refractivity contribution in [2.45, 2.75) is 205 Å². The van der Waals surface area contributed by atoms with Crippen LogP contribution in [-0.2, 0) is 0 Å². The first-order chi connectivity index (χ1) is 20.3. The lowest BCUT2D eigenvalue weighted by molar-refractivity contribution is -0.161. The Morgan fingerprint density at radius 3 is 1.00 bits per heavy atom. The van der Waals surface area contributed by atoms with Crippen LogP contribution in [-0.4, -0.2) is 67.1 Å². The molecule has 0 N–H and O–H groups in total. The molecule has 14 atom stereocenters. The highest BCUT2D eigenvalue weighted by atomic mass is 32.2. The van der Waals surface area contributed by atoms with Crippen molar-refractivity contribution in [1.82, 2.24) is 9.80 Å². The number of hydrogen-bond acceptors (Lipinski definition) is 4. The first-order valence-electron chi connectivity index (χ1n) is 19.2. The highest BCUT2D eigenvalue weighted by molar-refractivity contribution is 8.01. The van der Waals surface area contributed by atoms with Gasteiger partial charge in [0.1, 0.15) is 0 Å². The molecule has 3 aliphatic heterocycles. The van der Waals surface area contributed by atoms with E-state index in [1.54, 1.807) is 0 Å². The molecule has 0 radical (unpaired) electrons. The summed E-state index contributed by atoms with van der Waals surface area (Å²) in [7, 11) is 0. The number of nitrogens with zero attached hydrogens (tertiary/aromatic N) is 2. The summed E-state index contributed by atoms with van der Waals surface area (Å²) < 4.78 is 0. The van der Waals surface area contributed by atoms with Crippen molar-refractivity contribution in [2.75, 3.05) is 0 Å². The topological polar surface area (TPSA) is 6.48 Å². The van der Waals surface area contributed by atoms with E-state index in [9.17, 15) is 0 Å². The first-order valence-corrected chi connectivity index (χ1v) is 21.1. The summed E-state index contributed by atoms with van der Waals surface area (Å²) in [4.78, 5) is 6.75. The number of piperazine rings is 1. The van der Waals surface area contributed by atoms with Crippen LogP contribution in [0, 0.1) is 45.3 Å². The highest BCUT2D eigenvalue weighted by Crippen LogP contribution is 2.62. The third-order valence-corrected chi connectivity index (χ3v) is 18.3. The van der Waals surface area contributed by atoms with Crippen molar-refractivity contribution in [3.05, 3.63) is 0 Å². The average molecular weight is 643 g/mol. The lowest BCUT2D eigenvalue weighted by atomic mass is 9.61. The maximum Gasteiger partial charge on any atom is 0.0377 e. The zero-order valence-corrected chi connectivity index (χ0v) is 32.5. The molecule has 252 valence electrons. The van der Waals surface area contributed by atoms with Gasteiger partial charge in [0, 0.05) is 57.3 Å². The van der Waals surface area contributed by atoms with Gasteiger partial charge in [-0.1, -0.05) is 83.1 Å². The molecule has 0 aromatic rings. The molecule has 4 heteroatoms. The normalized spacial score (nSPS) is 48.5. The minimum absolute atomic E-state index is 0.404. The second-order valence-corrected chi connectivity index (χ2v) is 24.4. The van der Waals surface area contributed by atoms with Crippen LogP contribution in [0.3, 0.4) is 0 Å². The zero-order chi connectivity index (χ0) is 31.7. The molecule has 0 bridgehead atoms. The van der Waals surface area contributed by atoms with E-state index in [-0.39, 0.29) is 0 Å². The van der Waals surface area contributed by atoms with Crippen LogP contribution in [0.2, 0.25) is 0 Å². The van der Waals surface area contributed by atoms with Crippen molar-refractivity contribution < 1.29 is 0 Å². The number of thioether (sulfide) groups is 2. The van der Waals surface area contributed by atoms with Crippen LogP contribution in [0.1, 0.15) is 147 Å². The molecule has 3 heterocycles. The number of hydrogen-bond donors (Lipinski definition) is 0. The molecule has 7 rings (SSSR count). The van der Waals surface area contributed by atoms with E-state index < -0.39 is 0 Å². The molecule has 0 spiro atoms. The van der Waals surface area contributed by atoms with E-state index >= 15 is 0 Å². The third-order valence-electron chi connectivity index (χ3n) is 15.0. The van der Waals surface area contributed by atoms with E-state index in [1.165, 1.54) is 64.2 Å². The van der Waals surface area contributed by atoms with E-state index in [2.05, 4.69) is 116 Å². The Bertz CT molecular complexity index is 975. The second-order valence-electron chi connectivity index (χ2n) is 21.4. The van der Waals surface area contributed by atoms with Gasteiger partial charge in [0.2, 0.25) is 0 Å². The standard InChI is InChI=1S/C40H70N2S2/c1-37(2,3)23-13-15-27-31(19-23)43-33-21-25(39(7,8)9)18-30-35(33)41(27)29-17-26(40(10,11)12)22-34-36(29)42(30)28-16-14-24(38(4,5)6)20-32(28)44-34/h23-36H,13-22H2,1-12H3. The zero-order valence-electron chi connectivity index (χ0n) is 30.9. The summed E-state index contributed by atoms with van der Waals surface area (Å²) in [5.74, 6) is 3.47. The van der Waals surface area contributed by atoms with E-state index in [0.717, 1.165) is 80.9 Å². The Kier molecular flexibility index (Phi) is 8.33. The maximum absolute atomic E-state index is 3.38. The van der Waals surface area contributed by atoms with Crippen LogP contribution in [0.4, 0.5) is 0 Å². The van der Waals surface area contributed by atoms with Gasteiger partial charge >= 0.3 is 0 Å². The van der Waals surface area contributed by atoms with Crippen LogP contribution in [0.25, 0.3) is 0 Å². The van der Waals surface area contributed by atoms with Crippen molar-refractivity contribution in [1.29, 1.82) is 0 Å². The summed E-state index contributed by atoms with van der Waals surface area (Å²) in [5, 5.41) is 3.34. The minimum Gasteiger partial charge on any atom is -0.289 e. The minimum atomic E-state index is 0.404. The fourth-order valence-corrected chi connectivity index (χ4v) is 16.2. The molecule has 0 aromatic heterocycles. The van der Waals surface area contributed by atoms with Crippen molar-refractivity contribution in [3.63, 3.8) is 0 Å². The molecule has 7 fully saturated rings. The monoisotopic (exact) mass is 642 g/mol. The molecule has 4 saturated carbocycles. The van der Waals surface area contributed by atoms with Crippen molar-refractivity contribution >= 4 is 23.5 Å². The molecule has 14 unspecified atom stereocenters. The molecule has 0 amide bonds. The fourth-order valence-electron chi connectivity index (χ4n) is 12.1. The van der Waals surface area contributed by atoms with E-state index in [4.69, 9.17) is 0 Å². The largest absolute Gasteiger partial charge is 0.289 e. The number of fused-ring (bicyclic) bond motifs is 6. The van der Waals surface area contributed by atoms with E-state index in [0.29, 0.717) is 21.7 Å². The molecule has 3 saturated heterocycles. The summed E-state index contributed by atoms with van der Waals surface area (Å²) in [6.07, 6.45) is 14.6. The van der Waals surface area contributed by atoms with Gasteiger partial charge < -0.3 is 0 Å². The van der Waals surface area contributed by atoms with Gasteiger partial charge in [-0.25, -0.2) is 0 Å².